The molecule has 1 saturated carbocycles. The minimum Gasteiger partial charge on any atom is -0.0922 e. The number of halogens is 1. The predicted octanol–water partition coefficient (Wildman–Crippen LogP) is 4.38. The van der Waals surface area contributed by atoms with Crippen LogP contribution in [0.25, 0.3) is 0 Å². The van der Waals surface area contributed by atoms with E-state index in [4.69, 9.17) is 0 Å². The molecule has 0 aliphatic heterocycles. The average molecular weight is 233 g/mol. The van der Waals surface area contributed by atoms with Gasteiger partial charge in [0.15, 0.2) is 0 Å². The van der Waals surface area contributed by atoms with Crippen LogP contribution in [0.2, 0.25) is 0 Å². The van der Waals surface area contributed by atoms with E-state index < -0.39 is 0 Å². The highest BCUT2D eigenvalue weighted by Gasteiger charge is 2.39. The summed E-state index contributed by atoms with van der Waals surface area (Å²) in [5.74, 6) is 0.990. The maximum Gasteiger partial charge on any atom is 0.00881 e. The van der Waals surface area contributed by atoms with E-state index in [0.29, 0.717) is 5.41 Å². The summed E-state index contributed by atoms with van der Waals surface area (Å²) >= 11 is 3.66. The molecule has 1 heteroatoms. The molecule has 0 heterocycles. The molecule has 0 saturated heterocycles. The maximum atomic E-state index is 3.66. The van der Waals surface area contributed by atoms with Crippen molar-refractivity contribution in [1.29, 1.82) is 0 Å². The first-order valence-electron chi connectivity index (χ1n) is 5.28. The monoisotopic (exact) mass is 232 g/mol. The fraction of sp³-hybridized carbons (Fsp3) is 1.00. The van der Waals surface area contributed by atoms with E-state index in [2.05, 4.69) is 29.8 Å². The van der Waals surface area contributed by atoms with Crippen LogP contribution in [-0.4, -0.2) is 5.33 Å². The van der Waals surface area contributed by atoms with Gasteiger partial charge in [0.25, 0.3) is 0 Å². The summed E-state index contributed by atoms with van der Waals surface area (Å²) in [6.07, 6.45) is 8.59. The topological polar surface area (TPSA) is 0 Å². The van der Waals surface area contributed by atoms with E-state index in [0.717, 1.165) is 5.92 Å². The second-order valence-electron chi connectivity index (χ2n) is 4.60. The fourth-order valence-electron chi connectivity index (χ4n) is 2.55. The molecule has 0 aromatic rings. The van der Waals surface area contributed by atoms with Crippen molar-refractivity contribution in [3.63, 3.8) is 0 Å². The Labute approximate surface area is 85.3 Å². The van der Waals surface area contributed by atoms with Gasteiger partial charge >= 0.3 is 0 Å². The number of unbranched alkanes of at least 4 members (excludes halogenated alkanes) is 2. The molecular weight excluding hydrogens is 212 g/mol. The van der Waals surface area contributed by atoms with E-state index in [1.54, 1.807) is 0 Å². The average Bonchev–Trinajstić information content (AvgIpc) is 2.01. The van der Waals surface area contributed by atoms with Crippen LogP contribution in [0.15, 0.2) is 0 Å². The van der Waals surface area contributed by atoms with Gasteiger partial charge in [-0.1, -0.05) is 49.0 Å². The Morgan fingerprint density at radius 2 is 2.00 bits per heavy atom. The Morgan fingerprint density at radius 3 is 2.42 bits per heavy atom. The second-order valence-corrected chi connectivity index (χ2v) is 5.16. The van der Waals surface area contributed by atoms with Gasteiger partial charge in [0.05, 0.1) is 0 Å². The summed E-state index contributed by atoms with van der Waals surface area (Å²) in [7, 11) is 0. The summed E-state index contributed by atoms with van der Waals surface area (Å²) < 4.78 is 0. The molecule has 0 N–H and O–H groups in total. The fourth-order valence-corrected chi connectivity index (χ4v) is 3.29. The van der Waals surface area contributed by atoms with Crippen LogP contribution in [0.3, 0.4) is 0 Å². The summed E-state index contributed by atoms with van der Waals surface area (Å²) in [5, 5.41) is 1.23. The highest BCUT2D eigenvalue weighted by Crippen LogP contribution is 2.50. The van der Waals surface area contributed by atoms with Crippen molar-refractivity contribution in [1.82, 2.24) is 0 Å². The summed E-state index contributed by atoms with van der Waals surface area (Å²) in [6, 6.07) is 0. The third kappa shape index (κ3) is 2.48. The van der Waals surface area contributed by atoms with Crippen LogP contribution in [0.1, 0.15) is 52.4 Å². The van der Waals surface area contributed by atoms with Gasteiger partial charge in [-0.15, -0.1) is 0 Å². The standard InChI is InChI=1S/C11H21Br/c1-3-4-5-6-11(9-12)7-10(2)8-11/h10H,3-9H2,1-2H3. The second kappa shape index (κ2) is 4.64. The Kier molecular flexibility index (Phi) is 4.09. The highest BCUT2D eigenvalue weighted by atomic mass is 79.9. The maximum absolute atomic E-state index is 3.66. The third-order valence-corrected chi connectivity index (χ3v) is 4.35. The predicted molar refractivity (Wildman–Crippen MR) is 58.8 cm³/mol. The number of rotatable bonds is 5. The van der Waals surface area contributed by atoms with Crippen molar-refractivity contribution in [2.75, 3.05) is 5.33 Å². The Hall–Kier alpha value is 0.480. The highest BCUT2D eigenvalue weighted by molar-refractivity contribution is 9.09. The van der Waals surface area contributed by atoms with Crippen molar-refractivity contribution >= 4 is 15.9 Å². The van der Waals surface area contributed by atoms with E-state index in [1.165, 1.54) is 43.9 Å². The number of alkyl halides is 1. The first kappa shape index (κ1) is 10.6. The molecule has 0 amide bonds. The molecule has 0 aromatic carbocycles. The van der Waals surface area contributed by atoms with Crippen LogP contribution in [0, 0.1) is 11.3 Å². The SMILES string of the molecule is CCCCCC1(CBr)CC(C)C1. The molecule has 72 valence electrons. The van der Waals surface area contributed by atoms with E-state index in [1.807, 2.05) is 0 Å². The number of hydrogen-bond donors (Lipinski definition) is 0. The third-order valence-electron chi connectivity index (χ3n) is 3.16. The molecule has 0 spiro atoms. The molecule has 0 radical (unpaired) electrons. The summed E-state index contributed by atoms with van der Waals surface area (Å²) in [5.41, 5.74) is 0.703. The van der Waals surface area contributed by atoms with E-state index in [9.17, 15) is 0 Å². The Morgan fingerprint density at radius 1 is 1.33 bits per heavy atom. The lowest BCUT2D eigenvalue weighted by Crippen LogP contribution is -2.37. The van der Waals surface area contributed by atoms with E-state index in [-0.39, 0.29) is 0 Å². The quantitative estimate of drug-likeness (QED) is 0.488. The zero-order chi connectivity index (χ0) is 9.03. The molecule has 0 nitrogen and oxygen atoms in total. The molecule has 0 aromatic heterocycles. The van der Waals surface area contributed by atoms with Crippen LogP contribution in [-0.2, 0) is 0 Å². The largest absolute Gasteiger partial charge is 0.0922 e. The van der Waals surface area contributed by atoms with Crippen LogP contribution >= 0.6 is 15.9 Å². The van der Waals surface area contributed by atoms with Crippen molar-refractivity contribution in [3.8, 4) is 0 Å². The first-order chi connectivity index (χ1) is 5.72. The minimum atomic E-state index is 0.703. The first-order valence-corrected chi connectivity index (χ1v) is 6.40. The van der Waals surface area contributed by atoms with Crippen molar-refractivity contribution in [3.05, 3.63) is 0 Å². The molecule has 1 fully saturated rings. The lowest BCUT2D eigenvalue weighted by molar-refractivity contribution is 0.0812. The van der Waals surface area contributed by atoms with Crippen molar-refractivity contribution in [2.45, 2.75) is 52.4 Å². The van der Waals surface area contributed by atoms with Gasteiger partial charge < -0.3 is 0 Å². The molecule has 1 aliphatic rings. The van der Waals surface area contributed by atoms with E-state index >= 15 is 0 Å². The van der Waals surface area contributed by atoms with Gasteiger partial charge in [-0.2, -0.15) is 0 Å². The van der Waals surface area contributed by atoms with Crippen LogP contribution in [0.5, 0.6) is 0 Å². The van der Waals surface area contributed by atoms with Gasteiger partial charge in [-0.3, -0.25) is 0 Å². The van der Waals surface area contributed by atoms with Gasteiger partial charge in [0.1, 0.15) is 0 Å². The summed E-state index contributed by atoms with van der Waals surface area (Å²) in [4.78, 5) is 0. The molecule has 0 bridgehead atoms. The lowest BCUT2D eigenvalue weighted by atomic mass is 9.61. The Balaban J connectivity index is 2.18. The minimum absolute atomic E-state index is 0.703. The zero-order valence-corrected chi connectivity index (χ0v) is 9.99. The van der Waals surface area contributed by atoms with Gasteiger partial charge in [-0.25, -0.2) is 0 Å². The Bertz CT molecular complexity index is 125. The molecule has 12 heavy (non-hydrogen) atoms. The van der Waals surface area contributed by atoms with Gasteiger partial charge in [0.2, 0.25) is 0 Å². The lowest BCUT2D eigenvalue weighted by Gasteiger charge is -2.46. The van der Waals surface area contributed by atoms with Crippen LogP contribution in [0.4, 0.5) is 0 Å². The molecule has 0 unspecified atom stereocenters. The molecular formula is C11H21Br. The van der Waals surface area contributed by atoms with Gasteiger partial charge in [-0.05, 0) is 30.6 Å². The molecule has 1 aliphatic carbocycles. The van der Waals surface area contributed by atoms with Crippen molar-refractivity contribution in [2.24, 2.45) is 11.3 Å². The van der Waals surface area contributed by atoms with Gasteiger partial charge in [0, 0.05) is 5.33 Å². The number of hydrogen-bond acceptors (Lipinski definition) is 0. The van der Waals surface area contributed by atoms with Crippen LogP contribution < -0.4 is 0 Å². The zero-order valence-electron chi connectivity index (χ0n) is 8.41. The van der Waals surface area contributed by atoms with Crippen molar-refractivity contribution < 1.29 is 0 Å². The summed E-state index contributed by atoms with van der Waals surface area (Å²) in [6.45, 7) is 4.66. The normalized spacial score (nSPS) is 34.8. The molecule has 0 atom stereocenters. The molecule has 1 rings (SSSR count). The smallest absolute Gasteiger partial charge is 0.00881 e.